The first-order valence-electron chi connectivity index (χ1n) is 9.34. The summed E-state index contributed by atoms with van der Waals surface area (Å²) in [5, 5.41) is 2.99. The Bertz CT molecular complexity index is 911. The van der Waals surface area contributed by atoms with Crippen LogP contribution in [0.15, 0.2) is 47.5 Å². The van der Waals surface area contributed by atoms with Gasteiger partial charge in [0.15, 0.2) is 0 Å². The molecule has 27 heavy (non-hydrogen) atoms. The van der Waals surface area contributed by atoms with E-state index in [1.54, 1.807) is 25.5 Å². The van der Waals surface area contributed by atoms with Gasteiger partial charge in [-0.3, -0.25) is 4.79 Å². The lowest BCUT2D eigenvalue weighted by atomic mass is 9.96. The molecule has 1 saturated carbocycles. The third-order valence-electron chi connectivity index (χ3n) is 5.38. The number of nitrogens with one attached hydrogen (secondary N) is 1. The van der Waals surface area contributed by atoms with Crippen molar-refractivity contribution in [2.75, 3.05) is 19.6 Å². The van der Waals surface area contributed by atoms with E-state index in [4.69, 9.17) is 0 Å². The number of aromatic nitrogens is 1. The maximum Gasteiger partial charge on any atom is 0.267 e. The number of carbonyl (C=O) groups is 1. The number of aryl methyl sites for hydroxylation is 1. The second kappa shape index (κ2) is 7.48. The van der Waals surface area contributed by atoms with Gasteiger partial charge < -0.3 is 9.88 Å². The van der Waals surface area contributed by atoms with Crippen molar-refractivity contribution in [1.82, 2.24) is 14.2 Å². The minimum absolute atomic E-state index is 0.0121. The van der Waals surface area contributed by atoms with Crippen LogP contribution in [-0.4, -0.2) is 42.8 Å². The van der Waals surface area contributed by atoms with Crippen LogP contribution in [0.5, 0.6) is 0 Å². The third-order valence-corrected chi connectivity index (χ3v) is 7.40. The molecule has 1 aliphatic rings. The third kappa shape index (κ3) is 3.80. The zero-order chi connectivity index (χ0) is 19.7. The second-order valence-electron chi connectivity index (χ2n) is 7.09. The van der Waals surface area contributed by atoms with Crippen molar-refractivity contribution in [1.29, 1.82) is 0 Å². The van der Waals surface area contributed by atoms with E-state index in [0.717, 1.165) is 12.8 Å². The van der Waals surface area contributed by atoms with Crippen molar-refractivity contribution in [2.45, 2.75) is 37.0 Å². The van der Waals surface area contributed by atoms with E-state index in [-0.39, 0.29) is 16.2 Å². The van der Waals surface area contributed by atoms with Crippen LogP contribution in [0.1, 0.15) is 42.7 Å². The molecule has 1 aromatic carbocycles. The molecule has 0 saturated heterocycles. The Morgan fingerprint density at radius 2 is 1.81 bits per heavy atom. The van der Waals surface area contributed by atoms with Crippen LogP contribution < -0.4 is 5.32 Å². The first-order chi connectivity index (χ1) is 12.8. The number of nitrogens with zero attached hydrogens (tertiary/aromatic N) is 2. The summed E-state index contributed by atoms with van der Waals surface area (Å²) in [6.45, 7) is 4.95. The highest BCUT2D eigenvalue weighted by Gasteiger charge is 2.44. The predicted octanol–water partition coefficient (Wildman–Crippen LogP) is 2.52. The van der Waals surface area contributed by atoms with Crippen LogP contribution in [0.3, 0.4) is 0 Å². The Balaban J connectivity index is 1.74. The van der Waals surface area contributed by atoms with Crippen LogP contribution in [0.2, 0.25) is 0 Å². The van der Waals surface area contributed by atoms with Gasteiger partial charge in [0.2, 0.25) is 10.0 Å². The number of sulfonamides is 1. The molecule has 0 unspecified atom stereocenters. The van der Waals surface area contributed by atoms with E-state index in [1.807, 2.05) is 18.2 Å². The second-order valence-corrected chi connectivity index (χ2v) is 9.03. The Kier molecular flexibility index (Phi) is 5.44. The Morgan fingerprint density at radius 1 is 1.19 bits per heavy atom. The van der Waals surface area contributed by atoms with Gasteiger partial charge in [0, 0.05) is 38.3 Å². The van der Waals surface area contributed by atoms with Crippen molar-refractivity contribution >= 4 is 15.9 Å². The van der Waals surface area contributed by atoms with E-state index in [0.29, 0.717) is 25.3 Å². The summed E-state index contributed by atoms with van der Waals surface area (Å²) in [6, 6.07) is 11.7. The largest absolute Gasteiger partial charge is 0.350 e. The van der Waals surface area contributed by atoms with Gasteiger partial charge >= 0.3 is 0 Å². The molecule has 0 radical (unpaired) electrons. The fourth-order valence-corrected chi connectivity index (χ4v) is 4.99. The molecule has 0 aliphatic heterocycles. The van der Waals surface area contributed by atoms with Gasteiger partial charge in [0.05, 0.1) is 0 Å². The zero-order valence-electron chi connectivity index (χ0n) is 16.1. The normalized spacial score (nSPS) is 15.7. The van der Waals surface area contributed by atoms with Crippen LogP contribution >= 0.6 is 0 Å². The summed E-state index contributed by atoms with van der Waals surface area (Å²) in [6.07, 6.45) is 3.60. The van der Waals surface area contributed by atoms with Gasteiger partial charge in [-0.05, 0) is 24.5 Å². The van der Waals surface area contributed by atoms with Gasteiger partial charge in [-0.1, -0.05) is 44.2 Å². The summed E-state index contributed by atoms with van der Waals surface area (Å²) < 4.78 is 28.3. The van der Waals surface area contributed by atoms with E-state index >= 15 is 0 Å². The van der Waals surface area contributed by atoms with Gasteiger partial charge in [-0.15, -0.1) is 0 Å². The fourth-order valence-electron chi connectivity index (χ4n) is 3.46. The van der Waals surface area contributed by atoms with Crippen LogP contribution in [-0.2, 0) is 22.5 Å². The van der Waals surface area contributed by atoms with Gasteiger partial charge in [-0.25, -0.2) is 8.42 Å². The van der Waals surface area contributed by atoms with E-state index in [2.05, 4.69) is 17.4 Å². The average Bonchev–Trinajstić information content (AvgIpc) is 3.35. The lowest BCUT2D eigenvalue weighted by molar-refractivity contribution is 0.0941. The summed E-state index contributed by atoms with van der Waals surface area (Å²) in [5.74, 6) is -0.249. The molecule has 3 rings (SSSR count). The molecule has 1 aromatic heterocycles. The molecule has 6 nitrogen and oxygen atoms in total. The lowest BCUT2D eigenvalue weighted by Gasteiger charge is -2.17. The smallest absolute Gasteiger partial charge is 0.267 e. The first-order valence-corrected chi connectivity index (χ1v) is 10.8. The maximum absolute atomic E-state index is 12.7. The summed E-state index contributed by atoms with van der Waals surface area (Å²) in [4.78, 5) is 12.8. The first kappa shape index (κ1) is 19.6. The number of benzene rings is 1. The van der Waals surface area contributed by atoms with Gasteiger partial charge in [0.1, 0.15) is 10.6 Å². The molecule has 146 valence electrons. The minimum Gasteiger partial charge on any atom is -0.350 e. The van der Waals surface area contributed by atoms with E-state index in [9.17, 15) is 13.2 Å². The Labute approximate surface area is 161 Å². The van der Waals surface area contributed by atoms with Crippen molar-refractivity contribution in [2.24, 2.45) is 7.05 Å². The van der Waals surface area contributed by atoms with Crippen molar-refractivity contribution in [3.8, 4) is 0 Å². The van der Waals surface area contributed by atoms with E-state index < -0.39 is 10.0 Å². The number of hydrogen-bond acceptors (Lipinski definition) is 3. The molecule has 0 bridgehead atoms. The summed E-state index contributed by atoms with van der Waals surface area (Å²) >= 11 is 0. The molecule has 7 heteroatoms. The predicted molar refractivity (Wildman–Crippen MR) is 105 cm³/mol. The molecular weight excluding hydrogens is 362 g/mol. The monoisotopic (exact) mass is 389 g/mol. The van der Waals surface area contributed by atoms with Crippen molar-refractivity contribution in [3.63, 3.8) is 0 Å². The standard InChI is InChI=1S/C20H27N3O3S/c1-4-23(5-2)27(25,26)17-13-18(22(3)14-17)19(24)21-15-20(11-12-20)16-9-7-6-8-10-16/h6-10,13-14H,4-5,11-12,15H2,1-3H3,(H,21,24). The molecule has 0 spiro atoms. The number of amides is 1. The van der Waals surface area contributed by atoms with Crippen LogP contribution in [0, 0.1) is 0 Å². The van der Waals surface area contributed by atoms with Gasteiger partial charge in [-0.2, -0.15) is 4.31 Å². The Hall–Kier alpha value is -2.12. The van der Waals surface area contributed by atoms with E-state index in [1.165, 1.54) is 22.1 Å². The molecular formula is C20H27N3O3S. The molecule has 1 aliphatic carbocycles. The quantitative estimate of drug-likeness (QED) is 0.754. The summed E-state index contributed by atoms with van der Waals surface area (Å²) in [7, 11) is -1.88. The highest BCUT2D eigenvalue weighted by molar-refractivity contribution is 7.89. The minimum atomic E-state index is -3.58. The lowest BCUT2D eigenvalue weighted by Crippen LogP contribution is -2.33. The van der Waals surface area contributed by atoms with Crippen LogP contribution in [0.4, 0.5) is 0 Å². The average molecular weight is 390 g/mol. The number of carbonyl (C=O) groups excluding carboxylic acids is 1. The topological polar surface area (TPSA) is 71.4 Å². The van der Waals surface area contributed by atoms with Crippen molar-refractivity contribution in [3.05, 3.63) is 53.9 Å². The molecule has 1 N–H and O–H groups in total. The molecule has 1 fully saturated rings. The highest BCUT2D eigenvalue weighted by atomic mass is 32.2. The number of rotatable bonds is 8. The zero-order valence-corrected chi connectivity index (χ0v) is 16.9. The molecule has 1 amide bonds. The highest BCUT2D eigenvalue weighted by Crippen LogP contribution is 2.47. The Morgan fingerprint density at radius 3 is 2.37 bits per heavy atom. The summed E-state index contributed by atoms with van der Waals surface area (Å²) in [5.41, 5.74) is 1.60. The number of hydrogen-bond donors (Lipinski definition) is 1. The molecule has 0 atom stereocenters. The molecule has 1 heterocycles. The fraction of sp³-hybridized carbons (Fsp3) is 0.450. The van der Waals surface area contributed by atoms with Crippen molar-refractivity contribution < 1.29 is 13.2 Å². The maximum atomic E-state index is 12.7. The van der Waals surface area contributed by atoms with Crippen LogP contribution in [0.25, 0.3) is 0 Å². The SMILES string of the molecule is CCN(CC)S(=O)(=O)c1cc(C(=O)NCC2(c3ccccc3)CC2)n(C)c1. The van der Waals surface area contributed by atoms with Gasteiger partial charge in [0.25, 0.3) is 5.91 Å². The molecule has 2 aromatic rings.